The van der Waals surface area contributed by atoms with Crippen molar-refractivity contribution in [2.24, 2.45) is 5.92 Å². The third kappa shape index (κ3) is 4.90. The van der Waals surface area contributed by atoms with Gasteiger partial charge in [0, 0.05) is 19.2 Å². The van der Waals surface area contributed by atoms with Gasteiger partial charge in [0.05, 0.1) is 20.8 Å². The first-order valence-corrected chi connectivity index (χ1v) is 7.54. The highest BCUT2D eigenvalue weighted by atomic mass is 16.5. The first kappa shape index (κ1) is 17.8. The van der Waals surface area contributed by atoms with E-state index in [4.69, 9.17) is 14.2 Å². The molecule has 4 heteroatoms. The zero-order valence-corrected chi connectivity index (χ0v) is 14.1. The maximum atomic E-state index is 5.39. The average Bonchev–Trinajstić information content (AvgIpc) is 2.50. The van der Waals surface area contributed by atoms with Crippen molar-refractivity contribution in [3.8, 4) is 11.5 Å². The highest BCUT2D eigenvalue weighted by molar-refractivity contribution is 5.43. The van der Waals surface area contributed by atoms with Crippen LogP contribution in [-0.4, -0.2) is 34.0 Å². The second-order valence-electron chi connectivity index (χ2n) is 5.55. The van der Waals surface area contributed by atoms with Crippen LogP contribution in [0.4, 0.5) is 0 Å². The van der Waals surface area contributed by atoms with E-state index in [1.54, 1.807) is 21.3 Å². The van der Waals surface area contributed by atoms with Crippen LogP contribution in [0.25, 0.3) is 0 Å². The fraction of sp³-hybridized carbons (Fsp3) is 0.647. The summed E-state index contributed by atoms with van der Waals surface area (Å²) in [6.45, 7) is 7.30. The van der Waals surface area contributed by atoms with Crippen LogP contribution in [0.15, 0.2) is 18.2 Å². The summed E-state index contributed by atoms with van der Waals surface area (Å²) >= 11 is 0. The van der Waals surface area contributed by atoms with E-state index < -0.39 is 0 Å². The largest absolute Gasteiger partial charge is 0.493 e. The molecule has 1 aromatic carbocycles. The maximum absolute atomic E-state index is 5.39. The molecule has 21 heavy (non-hydrogen) atoms. The molecule has 0 bridgehead atoms. The Morgan fingerprint density at radius 3 is 2.19 bits per heavy atom. The Kier molecular flexibility index (Phi) is 7.54. The second kappa shape index (κ2) is 8.90. The van der Waals surface area contributed by atoms with Crippen LogP contribution < -0.4 is 14.8 Å². The Bertz CT molecular complexity index is 420. The summed E-state index contributed by atoms with van der Waals surface area (Å²) in [5.74, 6) is 2.04. The van der Waals surface area contributed by atoms with Crippen molar-refractivity contribution < 1.29 is 14.2 Å². The molecular formula is C17H29NO3. The fourth-order valence-electron chi connectivity index (χ4n) is 2.39. The van der Waals surface area contributed by atoms with Crippen LogP contribution >= 0.6 is 0 Å². The van der Waals surface area contributed by atoms with E-state index >= 15 is 0 Å². The second-order valence-corrected chi connectivity index (χ2v) is 5.55. The number of hydrogen-bond acceptors (Lipinski definition) is 4. The van der Waals surface area contributed by atoms with E-state index in [-0.39, 0.29) is 6.04 Å². The van der Waals surface area contributed by atoms with Crippen LogP contribution in [0, 0.1) is 5.92 Å². The normalized spacial score (nSPS) is 14.0. The predicted molar refractivity (Wildman–Crippen MR) is 86.2 cm³/mol. The summed E-state index contributed by atoms with van der Waals surface area (Å²) in [7, 11) is 5.06. The molecule has 0 fully saturated rings. The zero-order valence-electron chi connectivity index (χ0n) is 14.1. The molecule has 1 rings (SSSR count). The number of rotatable bonds is 9. The monoisotopic (exact) mass is 295 g/mol. The molecule has 2 atom stereocenters. The molecule has 0 aliphatic heterocycles. The third-order valence-electron chi connectivity index (χ3n) is 3.78. The van der Waals surface area contributed by atoms with Gasteiger partial charge in [-0.1, -0.05) is 26.8 Å². The van der Waals surface area contributed by atoms with Gasteiger partial charge in [-0.05, 0) is 30.0 Å². The summed E-state index contributed by atoms with van der Waals surface area (Å²) in [5, 5.41) is 3.69. The van der Waals surface area contributed by atoms with E-state index in [0.717, 1.165) is 17.9 Å². The van der Waals surface area contributed by atoms with E-state index in [1.807, 2.05) is 12.1 Å². The number of nitrogens with one attached hydrogen (secondary N) is 1. The van der Waals surface area contributed by atoms with Gasteiger partial charge in [-0.15, -0.1) is 0 Å². The lowest BCUT2D eigenvalue weighted by atomic mass is 9.99. The zero-order chi connectivity index (χ0) is 15.8. The minimum atomic E-state index is 0.271. The van der Waals surface area contributed by atoms with Crippen molar-refractivity contribution in [2.75, 3.05) is 27.9 Å². The SMILES string of the molecule is CCC(NC(COC)C(C)C)c1ccc(OC)c(OC)c1. The maximum Gasteiger partial charge on any atom is 0.161 e. The highest BCUT2D eigenvalue weighted by Gasteiger charge is 2.19. The standard InChI is InChI=1S/C17H29NO3/c1-7-14(18-15(11-19-4)12(2)3)13-8-9-16(20-5)17(10-13)21-6/h8-10,12,14-15,18H,7,11H2,1-6H3. The Morgan fingerprint density at radius 2 is 1.71 bits per heavy atom. The van der Waals surface area contributed by atoms with Crippen molar-refractivity contribution in [2.45, 2.75) is 39.3 Å². The Morgan fingerprint density at radius 1 is 1.05 bits per heavy atom. The smallest absolute Gasteiger partial charge is 0.161 e. The Labute approximate surface area is 128 Å². The highest BCUT2D eigenvalue weighted by Crippen LogP contribution is 2.31. The molecule has 1 N–H and O–H groups in total. The number of ether oxygens (including phenoxy) is 3. The lowest BCUT2D eigenvalue weighted by Crippen LogP contribution is -2.40. The molecule has 0 radical (unpaired) electrons. The van der Waals surface area contributed by atoms with Gasteiger partial charge in [-0.3, -0.25) is 0 Å². The molecule has 0 aliphatic carbocycles. The van der Waals surface area contributed by atoms with Gasteiger partial charge in [-0.25, -0.2) is 0 Å². The van der Waals surface area contributed by atoms with Crippen molar-refractivity contribution in [1.29, 1.82) is 0 Å². The first-order valence-electron chi connectivity index (χ1n) is 7.54. The number of methoxy groups -OCH3 is 3. The first-order chi connectivity index (χ1) is 10.1. The summed E-state index contributed by atoms with van der Waals surface area (Å²) in [6.07, 6.45) is 1.00. The van der Waals surface area contributed by atoms with Gasteiger partial charge >= 0.3 is 0 Å². The van der Waals surface area contributed by atoms with Crippen molar-refractivity contribution in [3.05, 3.63) is 23.8 Å². The molecule has 4 nitrogen and oxygen atoms in total. The van der Waals surface area contributed by atoms with Gasteiger partial charge in [0.2, 0.25) is 0 Å². The van der Waals surface area contributed by atoms with Crippen LogP contribution in [0.1, 0.15) is 38.8 Å². The van der Waals surface area contributed by atoms with E-state index in [1.165, 1.54) is 5.56 Å². The molecule has 0 saturated heterocycles. The molecule has 0 saturated carbocycles. The number of hydrogen-bond donors (Lipinski definition) is 1. The van der Waals surface area contributed by atoms with Crippen molar-refractivity contribution in [1.82, 2.24) is 5.32 Å². The quantitative estimate of drug-likeness (QED) is 0.758. The molecule has 2 unspecified atom stereocenters. The molecule has 0 aromatic heterocycles. The minimum absolute atomic E-state index is 0.271. The topological polar surface area (TPSA) is 39.7 Å². The summed E-state index contributed by atoms with van der Waals surface area (Å²) in [5.41, 5.74) is 1.21. The summed E-state index contributed by atoms with van der Waals surface area (Å²) in [6, 6.07) is 6.69. The molecule has 0 amide bonds. The van der Waals surface area contributed by atoms with Crippen LogP contribution in [0.3, 0.4) is 0 Å². The van der Waals surface area contributed by atoms with Crippen molar-refractivity contribution in [3.63, 3.8) is 0 Å². The van der Waals surface area contributed by atoms with E-state index in [9.17, 15) is 0 Å². The molecule has 0 aliphatic rings. The van der Waals surface area contributed by atoms with E-state index in [2.05, 4.69) is 32.2 Å². The van der Waals surface area contributed by atoms with E-state index in [0.29, 0.717) is 18.6 Å². The van der Waals surface area contributed by atoms with Gasteiger partial charge in [0.1, 0.15) is 0 Å². The minimum Gasteiger partial charge on any atom is -0.493 e. The molecule has 120 valence electrons. The lowest BCUT2D eigenvalue weighted by Gasteiger charge is -2.28. The average molecular weight is 295 g/mol. The summed E-state index contributed by atoms with van der Waals surface area (Å²) in [4.78, 5) is 0. The van der Waals surface area contributed by atoms with Crippen molar-refractivity contribution >= 4 is 0 Å². The summed E-state index contributed by atoms with van der Waals surface area (Å²) < 4.78 is 16.0. The van der Waals surface area contributed by atoms with Gasteiger partial charge in [-0.2, -0.15) is 0 Å². The van der Waals surface area contributed by atoms with Gasteiger partial charge in [0.25, 0.3) is 0 Å². The fourth-order valence-corrected chi connectivity index (χ4v) is 2.39. The third-order valence-corrected chi connectivity index (χ3v) is 3.78. The molecular weight excluding hydrogens is 266 g/mol. The van der Waals surface area contributed by atoms with Gasteiger partial charge < -0.3 is 19.5 Å². The Hall–Kier alpha value is -1.26. The number of benzene rings is 1. The van der Waals surface area contributed by atoms with Crippen LogP contribution in [0.2, 0.25) is 0 Å². The van der Waals surface area contributed by atoms with Gasteiger partial charge in [0.15, 0.2) is 11.5 Å². The molecule has 0 heterocycles. The molecule has 0 spiro atoms. The predicted octanol–water partition coefficient (Wildman–Crippen LogP) is 3.42. The van der Waals surface area contributed by atoms with Crippen LogP contribution in [-0.2, 0) is 4.74 Å². The van der Waals surface area contributed by atoms with Crippen LogP contribution in [0.5, 0.6) is 11.5 Å². The Balaban J connectivity index is 2.93. The lowest BCUT2D eigenvalue weighted by molar-refractivity contribution is 0.139. The molecule has 1 aromatic rings.